The molecule has 1 saturated heterocycles. The van der Waals surface area contributed by atoms with Crippen LogP contribution in [0, 0.1) is 13.8 Å². The van der Waals surface area contributed by atoms with Crippen molar-refractivity contribution in [3.63, 3.8) is 0 Å². The zero-order valence-electron chi connectivity index (χ0n) is 17.3. The third-order valence-corrected chi connectivity index (χ3v) is 6.06. The van der Waals surface area contributed by atoms with Crippen LogP contribution in [0.3, 0.4) is 0 Å². The summed E-state index contributed by atoms with van der Waals surface area (Å²) in [5.74, 6) is 0.0915. The quantitative estimate of drug-likeness (QED) is 0.870. The van der Waals surface area contributed by atoms with E-state index in [-0.39, 0.29) is 24.4 Å². The SMILES string of the molecule is Cc1ccc(C)c(NC(=O)CN2Cc3ccccc3C[C@@H]2C(=O)N2CCCC2)c1. The Morgan fingerprint density at radius 3 is 2.52 bits per heavy atom. The van der Waals surface area contributed by atoms with Crippen LogP contribution in [0.1, 0.15) is 35.1 Å². The fourth-order valence-electron chi connectivity index (χ4n) is 4.38. The molecule has 5 heteroatoms. The molecule has 1 fully saturated rings. The smallest absolute Gasteiger partial charge is 0.240 e. The summed E-state index contributed by atoms with van der Waals surface area (Å²) in [7, 11) is 0. The number of anilines is 1. The summed E-state index contributed by atoms with van der Waals surface area (Å²) in [6.45, 7) is 6.51. The van der Waals surface area contributed by atoms with Crippen molar-refractivity contribution in [2.24, 2.45) is 0 Å². The minimum Gasteiger partial charge on any atom is -0.341 e. The van der Waals surface area contributed by atoms with Crippen molar-refractivity contribution in [3.8, 4) is 0 Å². The normalized spacial score (nSPS) is 19.1. The van der Waals surface area contributed by atoms with Crippen LogP contribution in [0.4, 0.5) is 5.69 Å². The van der Waals surface area contributed by atoms with Gasteiger partial charge >= 0.3 is 0 Å². The minimum atomic E-state index is -0.271. The van der Waals surface area contributed by atoms with E-state index < -0.39 is 0 Å². The summed E-state index contributed by atoms with van der Waals surface area (Å²) < 4.78 is 0. The van der Waals surface area contributed by atoms with Crippen LogP contribution in [0.5, 0.6) is 0 Å². The molecule has 152 valence electrons. The van der Waals surface area contributed by atoms with Crippen molar-refractivity contribution in [2.75, 3.05) is 25.0 Å². The number of nitrogens with one attached hydrogen (secondary N) is 1. The fraction of sp³-hybridized carbons (Fsp3) is 0.417. The van der Waals surface area contributed by atoms with Crippen molar-refractivity contribution in [2.45, 2.75) is 45.7 Å². The van der Waals surface area contributed by atoms with E-state index in [4.69, 9.17) is 0 Å². The highest BCUT2D eigenvalue weighted by atomic mass is 16.2. The van der Waals surface area contributed by atoms with Gasteiger partial charge in [0.1, 0.15) is 0 Å². The minimum absolute atomic E-state index is 0.0719. The van der Waals surface area contributed by atoms with Crippen LogP contribution in [0.15, 0.2) is 42.5 Å². The number of fused-ring (bicyclic) bond motifs is 1. The highest BCUT2D eigenvalue weighted by molar-refractivity contribution is 5.93. The lowest BCUT2D eigenvalue weighted by atomic mass is 9.93. The number of rotatable bonds is 4. The average molecular weight is 392 g/mol. The summed E-state index contributed by atoms with van der Waals surface area (Å²) in [6, 6.07) is 14.0. The molecule has 0 aliphatic carbocycles. The lowest BCUT2D eigenvalue weighted by molar-refractivity contribution is -0.137. The van der Waals surface area contributed by atoms with Crippen LogP contribution in [-0.2, 0) is 22.6 Å². The van der Waals surface area contributed by atoms with Crippen molar-refractivity contribution in [3.05, 3.63) is 64.7 Å². The highest BCUT2D eigenvalue weighted by Gasteiger charge is 2.35. The second kappa shape index (κ2) is 8.37. The highest BCUT2D eigenvalue weighted by Crippen LogP contribution is 2.26. The molecule has 2 aliphatic heterocycles. The number of nitrogens with zero attached hydrogens (tertiary/aromatic N) is 2. The number of benzene rings is 2. The zero-order valence-corrected chi connectivity index (χ0v) is 17.3. The summed E-state index contributed by atoms with van der Waals surface area (Å²) in [5, 5.41) is 3.05. The van der Waals surface area contributed by atoms with Gasteiger partial charge in [-0.2, -0.15) is 0 Å². The molecule has 2 heterocycles. The zero-order chi connectivity index (χ0) is 20.4. The molecule has 0 radical (unpaired) electrons. The Kier molecular flexibility index (Phi) is 5.67. The molecule has 2 aromatic rings. The van der Waals surface area contributed by atoms with E-state index in [0.717, 1.165) is 42.7 Å². The van der Waals surface area contributed by atoms with Gasteiger partial charge in [-0.25, -0.2) is 0 Å². The topological polar surface area (TPSA) is 52.7 Å². The van der Waals surface area contributed by atoms with Gasteiger partial charge in [0.25, 0.3) is 0 Å². The van der Waals surface area contributed by atoms with Crippen molar-refractivity contribution < 1.29 is 9.59 Å². The summed E-state index contributed by atoms with van der Waals surface area (Å²) in [6.07, 6.45) is 2.81. The summed E-state index contributed by atoms with van der Waals surface area (Å²) in [4.78, 5) is 30.1. The Bertz CT molecular complexity index is 918. The van der Waals surface area contributed by atoms with Crippen molar-refractivity contribution in [1.29, 1.82) is 0 Å². The number of likely N-dealkylation sites (tertiary alicyclic amines) is 1. The van der Waals surface area contributed by atoms with Crippen molar-refractivity contribution in [1.82, 2.24) is 9.80 Å². The molecule has 4 rings (SSSR count). The first-order valence-corrected chi connectivity index (χ1v) is 10.5. The van der Waals surface area contributed by atoms with E-state index in [9.17, 15) is 9.59 Å². The van der Waals surface area contributed by atoms with Gasteiger partial charge < -0.3 is 10.2 Å². The Balaban J connectivity index is 1.53. The molecule has 0 saturated carbocycles. The van der Waals surface area contributed by atoms with Gasteiger partial charge in [-0.05, 0) is 61.4 Å². The molecule has 0 bridgehead atoms. The first-order valence-electron chi connectivity index (χ1n) is 10.5. The molecule has 0 spiro atoms. The van der Waals surface area contributed by atoms with Crippen molar-refractivity contribution >= 4 is 17.5 Å². The maximum absolute atomic E-state index is 13.2. The van der Waals surface area contributed by atoms with E-state index in [1.54, 1.807) is 0 Å². The number of carbonyl (C=O) groups is 2. The molecule has 29 heavy (non-hydrogen) atoms. The Morgan fingerprint density at radius 2 is 1.76 bits per heavy atom. The third kappa shape index (κ3) is 4.35. The van der Waals surface area contributed by atoms with Crippen LogP contribution in [0.2, 0.25) is 0 Å². The number of aryl methyl sites for hydroxylation is 2. The predicted molar refractivity (Wildman–Crippen MR) is 115 cm³/mol. The molecule has 2 aliphatic rings. The molecular weight excluding hydrogens is 362 g/mol. The Labute approximate surface area is 172 Å². The molecule has 1 atom stereocenters. The van der Waals surface area contributed by atoms with Crippen LogP contribution < -0.4 is 5.32 Å². The largest absolute Gasteiger partial charge is 0.341 e. The van der Waals surface area contributed by atoms with E-state index in [1.165, 1.54) is 11.1 Å². The number of carbonyl (C=O) groups excluding carboxylic acids is 2. The molecule has 0 unspecified atom stereocenters. The monoisotopic (exact) mass is 391 g/mol. The van der Waals surface area contributed by atoms with Gasteiger partial charge in [-0.15, -0.1) is 0 Å². The molecule has 5 nitrogen and oxygen atoms in total. The fourth-order valence-corrected chi connectivity index (χ4v) is 4.38. The van der Waals surface area contributed by atoms with Gasteiger partial charge in [0, 0.05) is 25.3 Å². The average Bonchev–Trinajstić information content (AvgIpc) is 3.24. The number of hydrogen-bond acceptors (Lipinski definition) is 3. The number of amides is 2. The van der Waals surface area contributed by atoms with Gasteiger partial charge in [-0.1, -0.05) is 36.4 Å². The second-order valence-electron chi connectivity index (χ2n) is 8.29. The molecule has 2 aromatic carbocycles. The molecule has 2 amide bonds. The van der Waals surface area contributed by atoms with Gasteiger partial charge in [0.05, 0.1) is 12.6 Å². The Morgan fingerprint density at radius 1 is 1.03 bits per heavy atom. The van der Waals surface area contributed by atoms with E-state index in [1.807, 2.05) is 54.0 Å². The Hall–Kier alpha value is -2.66. The van der Waals surface area contributed by atoms with E-state index >= 15 is 0 Å². The maximum Gasteiger partial charge on any atom is 0.240 e. The summed E-state index contributed by atoms with van der Waals surface area (Å²) in [5.41, 5.74) is 5.42. The van der Waals surface area contributed by atoms with Gasteiger partial charge in [0.15, 0.2) is 0 Å². The second-order valence-corrected chi connectivity index (χ2v) is 8.29. The maximum atomic E-state index is 13.2. The summed E-state index contributed by atoms with van der Waals surface area (Å²) >= 11 is 0. The van der Waals surface area contributed by atoms with Crippen LogP contribution in [-0.4, -0.2) is 47.3 Å². The molecule has 1 N–H and O–H groups in total. The first kappa shape index (κ1) is 19.6. The van der Waals surface area contributed by atoms with Gasteiger partial charge in [-0.3, -0.25) is 14.5 Å². The molecular formula is C24H29N3O2. The van der Waals surface area contributed by atoms with Gasteiger partial charge in [0.2, 0.25) is 11.8 Å². The predicted octanol–water partition coefficient (Wildman–Crippen LogP) is 3.29. The van der Waals surface area contributed by atoms with Crippen LogP contribution >= 0.6 is 0 Å². The van der Waals surface area contributed by atoms with Crippen LogP contribution in [0.25, 0.3) is 0 Å². The number of hydrogen-bond donors (Lipinski definition) is 1. The first-order chi connectivity index (χ1) is 14.0. The lowest BCUT2D eigenvalue weighted by Gasteiger charge is -2.37. The van der Waals surface area contributed by atoms with E-state index in [0.29, 0.717) is 13.0 Å². The standard InChI is InChI=1S/C24H29N3O2/c1-17-9-10-18(2)21(13-17)25-23(28)16-27-15-20-8-4-3-7-19(20)14-22(27)24(29)26-11-5-6-12-26/h3-4,7-10,13,22H,5-6,11-12,14-16H2,1-2H3,(H,25,28)/t22-/m1/s1. The third-order valence-electron chi connectivity index (χ3n) is 6.06. The molecule has 0 aromatic heterocycles. The lowest BCUT2D eigenvalue weighted by Crippen LogP contribution is -2.52. The van der Waals surface area contributed by atoms with E-state index in [2.05, 4.69) is 17.4 Å².